The molecule has 0 rings (SSSR count). The van der Waals surface area contributed by atoms with Gasteiger partial charge in [0, 0.05) is 0 Å². The first kappa shape index (κ1) is 10.3. The Hall–Kier alpha value is -0.660. The van der Waals surface area contributed by atoms with Gasteiger partial charge in [-0.25, -0.2) is 8.78 Å². The van der Waals surface area contributed by atoms with Crippen LogP contribution < -0.4 is 0 Å². The summed E-state index contributed by atoms with van der Waals surface area (Å²) in [6, 6.07) is 0. The van der Waals surface area contributed by atoms with Gasteiger partial charge < -0.3 is 0 Å². The molecular weight excluding hydrogens is 146 g/mol. The average Bonchev–Trinajstić information content (AvgIpc) is 2.00. The van der Waals surface area contributed by atoms with Gasteiger partial charge in [0.05, 0.1) is 0 Å². The molecule has 0 aliphatic rings. The third kappa shape index (κ3) is 5.77. The summed E-state index contributed by atoms with van der Waals surface area (Å²) in [5.74, 6) is 0. The Morgan fingerprint density at radius 1 is 1.55 bits per heavy atom. The molecule has 0 aliphatic heterocycles. The minimum Gasteiger partial charge on any atom is -0.248 e. The molecule has 0 spiro atoms. The second-order valence-electron chi connectivity index (χ2n) is 2.39. The molecule has 0 N–H and O–H groups in total. The molecule has 0 aromatic carbocycles. The first-order chi connectivity index (χ1) is 5.20. The smallest absolute Gasteiger partial charge is 0.147 e. The Morgan fingerprint density at radius 3 is 2.64 bits per heavy atom. The van der Waals surface area contributed by atoms with Crippen LogP contribution >= 0.6 is 0 Å². The third-order valence-electron chi connectivity index (χ3n) is 1.21. The molecule has 0 amide bonds. The summed E-state index contributed by atoms with van der Waals surface area (Å²) in [6.45, 7) is 2.82. The normalized spacial score (nSPS) is 15.8. The van der Waals surface area contributed by atoms with E-state index in [1.54, 1.807) is 13.0 Å². The highest BCUT2D eigenvalue weighted by Gasteiger charge is 1.98. The van der Waals surface area contributed by atoms with Gasteiger partial charge in [-0.2, -0.15) is 0 Å². The number of hydrogen-bond acceptors (Lipinski definition) is 0. The van der Waals surface area contributed by atoms with E-state index in [4.69, 9.17) is 0 Å². The lowest BCUT2D eigenvalue weighted by Crippen LogP contribution is -1.97. The van der Waals surface area contributed by atoms with Crippen molar-refractivity contribution in [2.75, 3.05) is 6.67 Å². The van der Waals surface area contributed by atoms with E-state index >= 15 is 0 Å². The van der Waals surface area contributed by atoms with Crippen LogP contribution in [0.15, 0.2) is 23.8 Å². The Kier molecular flexibility index (Phi) is 5.71. The maximum absolute atomic E-state index is 12.3. The molecule has 64 valence electrons. The highest BCUT2D eigenvalue weighted by Crippen LogP contribution is 2.02. The summed E-state index contributed by atoms with van der Waals surface area (Å²) in [5, 5.41) is 0. The van der Waals surface area contributed by atoms with Crippen LogP contribution in [0.1, 0.15) is 20.3 Å². The number of halogens is 2. The second-order valence-corrected chi connectivity index (χ2v) is 2.39. The largest absolute Gasteiger partial charge is 0.248 e. The van der Waals surface area contributed by atoms with Crippen LogP contribution in [0, 0.1) is 0 Å². The lowest BCUT2D eigenvalue weighted by molar-refractivity contribution is 0.309. The van der Waals surface area contributed by atoms with Crippen LogP contribution in [-0.2, 0) is 0 Å². The van der Waals surface area contributed by atoms with Crippen LogP contribution in [0.5, 0.6) is 0 Å². The molecule has 2 heteroatoms. The zero-order chi connectivity index (χ0) is 8.69. The van der Waals surface area contributed by atoms with Crippen LogP contribution in [0.25, 0.3) is 0 Å². The lowest BCUT2D eigenvalue weighted by atomic mass is 10.2. The molecule has 0 saturated heterocycles. The number of hydrogen-bond donors (Lipinski definition) is 0. The number of allylic oxidation sites excluding steroid dienone is 4. The van der Waals surface area contributed by atoms with Crippen LogP contribution in [0.2, 0.25) is 0 Å². The van der Waals surface area contributed by atoms with E-state index in [0.717, 1.165) is 12.0 Å². The first-order valence-electron chi connectivity index (χ1n) is 3.75. The molecule has 0 aromatic heterocycles. The van der Waals surface area contributed by atoms with E-state index in [1.807, 2.05) is 13.0 Å². The molecule has 1 unspecified atom stereocenters. The Balaban J connectivity index is 3.89. The van der Waals surface area contributed by atoms with Crippen molar-refractivity contribution < 1.29 is 8.78 Å². The molecule has 0 nitrogen and oxygen atoms in total. The van der Waals surface area contributed by atoms with Crippen molar-refractivity contribution in [1.82, 2.24) is 0 Å². The van der Waals surface area contributed by atoms with Gasteiger partial charge in [0.2, 0.25) is 0 Å². The van der Waals surface area contributed by atoms with E-state index in [0.29, 0.717) is 0 Å². The molecule has 0 heterocycles. The predicted octanol–water partition coefficient (Wildman–Crippen LogP) is 3.21. The van der Waals surface area contributed by atoms with Crippen molar-refractivity contribution in [3.8, 4) is 0 Å². The van der Waals surface area contributed by atoms with E-state index in [2.05, 4.69) is 0 Å². The zero-order valence-electron chi connectivity index (χ0n) is 6.98. The standard InChI is InChI=1S/C9H14F2/c1-3-4-5-8(2)6-9(11)7-10/h4-6,9H,3,7H2,1-2H3. The summed E-state index contributed by atoms with van der Waals surface area (Å²) in [4.78, 5) is 0. The molecular formula is C9H14F2. The third-order valence-corrected chi connectivity index (χ3v) is 1.21. The molecule has 1 atom stereocenters. The zero-order valence-corrected chi connectivity index (χ0v) is 6.98. The molecule has 0 aromatic rings. The van der Waals surface area contributed by atoms with Crippen molar-refractivity contribution in [2.24, 2.45) is 0 Å². The molecule has 0 fully saturated rings. The first-order valence-corrected chi connectivity index (χ1v) is 3.75. The minimum atomic E-state index is -1.45. The van der Waals surface area contributed by atoms with Crippen LogP contribution in [0.4, 0.5) is 8.78 Å². The topological polar surface area (TPSA) is 0 Å². The van der Waals surface area contributed by atoms with E-state index < -0.39 is 12.8 Å². The summed E-state index contributed by atoms with van der Waals surface area (Å²) in [7, 11) is 0. The summed E-state index contributed by atoms with van der Waals surface area (Å²) >= 11 is 0. The van der Waals surface area contributed by atoms with Crippen molar-refractivity contribution in [1.29, 1.82) is 0 Å². The summed E-state index contributed by atoms with van der Waals surface area (Å²) in [6.07, 6.45) is 4.46. The maximum atomic E-state index is 12.3. The highest BCUT2D eigenvalue weighted by molar-refractivity contribution is 5.17. The SMILES string of the molecule is CCC=CC(C)=CC(F)CF. The van der Waals surface area contributed by atoms with Gasteiger partial charge in [0.1, 0.15) is 12.8 Å². The van der Waals surface area contributed by atoms with Crippen LogP contribution in [-0.4, -0.2) is 12.8 Å². The quantitative estimate of drug-likeness (QED) is 0.554. The molecule has 0 saturated carbocycles. The van der Waals surface area contributed by atoms with E-state index in [9.17, 15) is 8.78 Å². The van der Waals surface area contributed by atoms with E-state index in [-0.39, 0.29) is 0 Å². The van der Waals surface area contributed by atoms with Crippen LogP contribution in [0.3, 0.4) is 0 Å². The molecule has 0 aliphatic carbocycles. The summed E-state index contributed by atoms with van der Waals surface area (Å²) < 4.78 is 23.9. The lowest BCUT2D eigenvalue weighted by Gasteiger charge is -1.95. The molecule has 0 radical (unpaired) electrons. The average molecular weight is 160 g/mol. The van der Waals surface area contributed by atoms with Gasteiger partial charge in [-0.1, -0.05) is 24.6 Å². The predicted molar refractivity (Wildman–Crippen MR) is 44.1 cm³/mol. The molecule has 11 heavy (non-hydrogen) atoms. The second kappa shape index (κ2) is 6.08. The van der Waals surface area contributed by atoms with Gasteiger partial charge in [-0.3, -0.25) is 0 Å². The van der Waals surface area contributed by atoms with Gasteiger partial charge in [-0.15, -0.1) is 0 Å². The van der Waals surface area contributed by atoms with Crippen molar-refractivity contribution >= 4 is 0 Å². The fourth-order valence-corrected chi connectivity index (χ4v) is 0.689. The Labute approximate surface area is 66.6 Å². The van der Waals surface area contributed by atoms with Gasteiger partial charge in [0.25, 0.3) is 0 Å². The van der Waals surface area contributed by atoms with E-state index in [1.165, 1.54) is 6.08 Å². The Bertz CT molecular complexity index is 148. The number of rotatable bonds is 4. The maximum Gasteiger partial charge on any atom is 0.147 e. The van der Waals surface area contributed by atoms with Crippen molar-refractivity contribution in [2.45, 2.75) is 26.4 Å². The van der Waals surface area contributed by atoms with Crippen molar-refractivity contribution in [3.63, 3.8) is 0 Å². The monoisotopic (exact) mass is 160 g/mol. The minimum absolute atomic E-state index is 0.775. The number of alkyl halides is 2. The highest BCUT2D eigenvalue weighted by atomic mass is 19.2. The van der Waals surface area contributed by atoms with Gasteiger partial charge in [-0.05, 0) is 19.4 Å². The van der Waals surface area contributed by atoms with Gasteiger partial charge >= 0.3 is 0 Å². The summed E-state index contributed by atoms with van der Waals surface area (Å²) in [5.41, 5.74) is 0.775. The molecule has 0 bridgehead atoms. The van der Waals surface area contributed by atoms with Crippen molar-refractivity contribution in [3.05, 3.63) is 23.8 Å². The Morgan fingerprint density at radius 2 is 2.18 bits per heavy atom. The fraction of sp³-hybridized carbons (Fsp3) is 0.556. The fourth-order valence-electron chi connectivity index (χ4n) is 0.689. The van der Waals surface area contributed by atoms with Gasteiger partial charge in [0.15, 0.2) is 0 Å².